The zero-order chi connectivity index (χ0) is 18.2. The van der Waals surface area contributed by atoms with Crippen molar-refractivity contribution < 1.29 is 17.2 Å². The zero-order valence-corrected chi connectivity index (χ0v) is 13.9. The molecule has 0 aliphatic rings. The lowest BCUT2D eigenvalue weighted by Gasteiger charge is -2.11. The fourth-order valence-electron chi connectivity index (χ4n) is 2.48. The van der Waals surface area contributed by atoms with Gasteiger partial charge in [-0.25, -0.2) is 22.3 Å². The van der Waals surface area contributed by atoms with Gasteiger partial charge in [0.1, 0.15) is 16.5 Å². The first-order chi connectivity index (χ1) is 11.8. The number of aromatic nitrogens is 2. The summed E-state index contributed by atoms with van der Waals surface area (Å²) in [4.78, 5) is 7.32. The third kappa shape index (κ3) is 3.40. The van der Waals surface area contributed by atoms with Gasteiger partial charge in [0.05, 0.1) is 5.69 Å². The van der Waals surface area contributed by atoms with E-state index in [1.165, 1.54) is 6.20 Å². The molecule has 128 valence electrons. The molecule has 2 aromatic heterocycles. The van der Waals surface area contributed by atoms with Gasteiger partial charge in [0.25, 0.3) is 0 Å². The minimum absolute atomic E-state index is 0.165. The maximum absolute atomic E-state index is 14.5. The van der Waals surface area contributed by atoms with Crippen LogP contribution in [0.25, 0.3) is 22.4 Å². The SMILES string of the molecule is Cc1cncc(-c2cccnc2-c2cc(F)c(S(N)(=O)=O)cc2F)c1. The molecule has 5 nitrogen and oxygen atoms in total. The molecular formula is C17H13F2N3O2S. The third-order valence-corrected chi connectivity index (χ3v) is 4.50. The molecule has 3 aromatic rings. The van der Waals surface area contributed by atoms with Crippen LogP contribution in [0.2, 0.25) is 0 Å². The molecule has 0 unspecified atom stereocenters. The van der Waals surface area contributed by atoms with Gasteiger partial charge in [0, 0.05) is 35.3 Å². The molecule has 0 saturated heterocycles. The Morgan fingerprint density at radius 2 is 1.80 bits per heavy atom. The molecule has 1 aromatic carbocycles. The molecule has 0 amide bonds. The number of halogens is 2. The topological polar surface area (TPSA) is 85.9 Å². The number of hydrogen-bond acceptors (Lipinski definition) is 4. The van der Waals surface area contributed by atoms with Crippen molar-refractivity contribution in [1.29, 1.82) is 0 Å². The lowest BCUT2D eigenvalue weighted by atomic mass is 9.99. The van der Waals surface area contributed by atoms with E-state index in [4.69, 9.17) is 5.14 Å². The Labute approximate surface area is 143 Å². The highest BCUT2D eigenvalue weighted by atomic mass is 32.2. The van der Waals surface area contributed by atoms with Gasteiger partial charge in [0.2, 0.25) is 10.0 Å². The number of benzene rings is 1. The third-order valence-electron chi connectivity index (χ3n) is 3.58. The summed E-state index contributed by atoms with van der Waals surface area (Å²) in [6.45, 7) is 1.85. The van der Waals surface area contributed by atoms with Gasteiger partial charge in [-0.2, -0.15) is 0 Å². The number of sulfonamides is 1. The first kappa shape index (κ1) is 17.1. The summed E-state index contributed by atoms with van der Waals surface area (Å²) in [7, 11) is -4.37. The molecule has 3 rings (SSSR count). The number of aryl methyl sites for hydroxylation is 1. The van der Waals surface area contributed by atoms with Crippen LogP contribution in [-0.4, -0.2) is 18.4 Å². The first-order valence-corrected chi connectivity index (χ1v) is 8.71. The van der Waals surface area contributed by atoms with Crippen molar-refractivity contribution in [2.75, 3.05) is 0 Å². The van der Waals surface area contributed by atoms with E-state index >= 15 is 0 Å². The second kappa shape index (κ2) is 6.30. The lowest BCUT2D eigenvalue weighted by Crippen LogP contribution is -2.14. The van der Waals surface area contributed by atoms with Crippen molar-refractivity contribution in [2.24, 2.45) is 5.14 Å². The maximum Gasteiger partial charge on any atom is 0.241 e. The Morgan fingerprint density at radius 1 is 1.04 bits per heavy atom. The molecule has 25 heavy (non-hydrogen) atoms. The van der Waals surface area contributed by atoms with Crippen molar-refractivity contribution >= 4 is 10.0 Å². The summed E-state index contributed by atoms with van der Waals surface area (Å²) in [5.41, 5.74) is 2.12. The number of nitrogens with zero attached hydrogens (tertiary/aromatic N) is 2. The van der Waals surface area contributed by atoms with Crippen LogP contribution in [-0.2, 0) is 10.0 Å². The second-order valence-corrected chi connectivity index (χ2v) is 6.99. The van der Waals surface area contributed by atoms with E-state index in [0.717, 1.165) is 11.6 Å². The number of nitrogens with two attached hydrogens (primary N) is 1. The van der Waals surface area contributed by atoms with Crippen LogP contribution in [0.4, 0.5) is 8.78 Å². The van der Waals surface area contributed by atoms with Gasteiger partial charge in [-0.05, 0) is 36.8 Å². The predicted octanol–water partition coefficient (Wildman–Crippen LogP) is 3.04. The van der Waals surface area contributed by atoms with Crippen molar-refractivity contribution in [3.8, 4) is 22.4 Å². The normalized spacial score (nSPS) is 11.5. The molecule has 2 N–H and O–H groups in total. The van der Waals surface area contributed by atoms with Crippen LogP contribution in [0, 0.1) is 18.6 Å². The van der Waals surface area contributed by atoms with E-state index < -0.39 is 26.6 Å². The molecule has 2 heterocycles. The minimum Gasteiger partial charge on any atom is -0.264 e. The molecule has 0 atom stereocenters. The quantitative estimate of drug-likeness (QED) is 0.777. The summed E-state index contributed by atoms with van der Waals surface area (Å²) in [6.07, 6.45) is 4.69. The molecule has 0 spiro atoms. The van der Waals surface area contributed by atoms with Crippen molar-refractivity contribution in [3.63, 3.8) is 0 Å². The number of rotatable bonds is 3. The van der Waals surface area contributed by atoms with Crippen LogP contribution < -0.4 is 5.14 Å². The van der Waals surface area contributed by atoms with Gasteiger partial charge in [0.15, 0.2) is 0 Å². The minimum atomic E-state index is -4.37. The van der Waals surface area contributed by atoms with E-state index in [-0.39, 0.29) is 11.3 Å². The Balaban J connectivity index is 2.24. The molecular weight excluding hydrogens is 348 g/mol. The standard InChI is InChI=1S/C17H13F2N3O2S/c1-10-5-11(9-21-8-10)12-3-2-4-22-17(12)13-6-15(19)16(7-14(13)18)25(20,23)24/h2-9H,1H3,(H2,20,23,24). The average Bonchev–Trinajstić information content (AvgIpc) is 2.55. The van der Waals surface area contributed by atoms with E-state index in [0.29, 0.717) is 17.2 Å². The van der Waals surface area contributed by atoms with Crippen molar-refractivity contribution in [2.45, 2.75) is 11.8 Å². The molecule has 0 radical (unpaired) electrons. The van der Waals surface area contributed by atoms with E-state index in [1.54, 1.807) is 24.5 Å². The van der Waals surface area contributed by atoms with Gasteiger partial charge in [-0.3, -0.25) is 9.97 Å². The highest BCUT2D eigenvalue weighted by Gasteiger charge is 2.21. The molecule has 8 heteroatoms. The Hall–Kier alpha value is -2.71. The highest BCUT2D eigenvalue weighted by molar-refractivity contribution is 7.89. The van der Waals surface area contributed by atoms with Gasteiger partial charge >= 0.3 is 0 Å². The van der Waals surface area contributed by atoms with Crippen LogP contribution in [0.1, 0.15) is 5.56 Å². The smallest absolute Gasteiger partial charge is 0.241 e. The monoisotopic (exact) mass is 361 g/mol. The van der Waals surface area contributed by atoms with Crippen LogP contribution in [0.3, 0.4) is 0 Å². The molecule has 0 saturated carbocycles. The predicted molar refractivity (Wildman–Crippen MR) is 88.9 cm³/mol. The lowest BCUT2D eigenvalue weighted by molar-refractivity contribution is 0.555. The van der Waals surface area contributed by atoms with Gasteiger partial charge in [-0.1, -0.05) is 6.07 Å². The molecule has 0 bridgehead atoms. The maximum atomic E-state index is 14.5. The second-order valence-electron chi connectivity index (χ2n) is 5.46. The number of hydrogen-bond donors (Lipinski definition) is 1. The van der Waals surface area contributed by atoms with Crippen LogP contribution >= 0.6 is 0 Å². The Morgan fingerprint density at radius 3 is 2.48 bits per heavy atom. The number of primary sulfonamides is 1. The summed E-state index contributed by atoms with van der Waals surface area (Å²) in [5.74, 6) is -2.08. The molecule has 0 fully saturated rings. The zero-order valence-electron chi connectivity index (χ0n) is 13.1. The van der Waals surface area contributed by atoms with Crippen molar-refractivity contribution in [1.82, 2.24) is 9.97 Å². The summed E-state index contributed by atoms with van der Waals surface area (Å²) >= 11 is 0. The van der Waals surface area contributed by atoms with E-state index in [2.05, 4.69) is 9.97 Å². The van der Waals surface area contributed by atoms with E-state index in [1.807, 2.05) is 13.0 Å². The Bertz CT molecular complexity index is 1070. The average molecular weight is 361 g/mol. The number of pyridine rings is 2. The van der Waals surface area contributed by atoms with E-state index in [9.17, 15) is 17.2 Å². The summed E-state index contributed by atoms with van der Waals surface area (Å²) in [6, 6.07) is 6.54. The van der Waals surface area contributed by atoms with Gasteiger partial charge < -0.3 is 0 Å². The summed E-state index contributed by atoms with van der Waals surface area (Å²) in [5, 5.41) is 4.89. The largest absolute Gasteiger partial charge is 0.264 e. The van der Waals surface area contributed by atoms with Crippen molar-refractivity contribution in [3.05, 3.63) is 66.1 Å². The summed E-state index contributed by atoms with van der Waals surface area (Å²) < 4.78 is 51.3. The molecule has 0 aliphatic heterocycles. The fourth-order valence-corrected chi connectivity index (χ4v) is 3.08. The Kier molecular flexibility index (Phi) is 4.32. The highest BCUT2D eigenvalue weighted by Crippen LogP contribution is 2.33. The first-order valence-electron chi connectivity index (χ1n) is 7.16. The van der Waals surface area contributed by atoms with Crippen LogP contribution in [0.5, 0.6) is 0 Å². The molecule has 0 aliphatic carbocycles. The van der Waals surface area contributed by atoms with Crippen LogP contribution in [0.15, 0.2) is 53.8 Å². The van der Waals surface area contributed by atoms with Gasteiger partial charge in [-0.15, -0.1) is 0 Å². The fraction of sp³-hybridized carbons (Fsp3) is 0.0588.